The van der Waals surface area contributed by atoms with Crippen molar-refractivity contribution in [2.75, 3.05) is 17.2 Å². The molecule has 0 saturated carbocycles. The number of rotatable bonds is 8. The van der Waals surface area contributed by atoms with Gasteiger partial charge in [0, 0.05) is 17.8 Å². The van der Waals surface area contributed by atoms with Crippen molar-refractivity contribution in [3.8, 4) is 0 Å². The molecule has 0 bridgehead atoms. The van der Waals surface area contributed by atoms with Crippen LogP contribution >= 0.6 is 0 Å². The minimum absolute atomic E-state index is 0.0748. The van der Waals surface area contributed by atoms with Gasteiger partial charge in [0.1, 0.15) is 12.8 Å². The van der Waals surface area contributed by atoms with Crippen LogP contribution in [0.25, 0.3) is 0 Å². The number of benzene rings is 1. The smallest absolute Gasteiger partial charge is 0.322 e. The first-order chi connectivity index (χ1) is 13.7. The molecule has 2 N–H and O–H groups in total. The number of hydrogen-bond acceptors (Lipinski definition) is 4. The number of nitrogens with one attached hydrogen (secondary N) is 2. The minimum atomic E-state index is -0.324. The number of hydrogen-bond donors (Lipinski definition) is 2. The summed E-state index contributed by atoms with van der Waals surface area (Å²) in [4.78, 5) is 27.2. The van der Waals surface area contributed by atoms with Gasteiger partial charge in [-0.15, -0.1) is 0 Å². The van der Waals surface area contributed by atoms with E-state index in [4.69, 9.17) is 4.52 Å². The highest BCUT2D eigenvalue weighted by Crippen LogP contribution is 2.32. The molecular weight excluding hydrogens is 368 g/mol. The zero-order valence-electron chi connectivity index (χ0n) is 18.2. The third kappa shape index (κ3) is 5.82. The lowest BCUT2D eigenvalue weighted by molar-refractivity contribution is -0.117. The molecule has 0 radical (unpaired) electrons. The zero-order chi connectivity index (χ0) is 21.6. The van der Waals surface area contributed by atoms with Crippen LogP contribution in [0.15, 0.2) is 35.1 Å². The van der Waals surface area contributed by atoms with Crippen LogP contribution in [-0.2, 0) is 4.79 Å². The normalized spacial score (nSPS) is 12.1. The lowest BCUT2D eigenvalue weighted by atomic mass is 9.92. The van der Waals surface area contributed by atoms with Gasteiger partial charge in [-0.1, -0.05) is 58.0 Å². The minimum Gasteiger partial charge on any atom is -0.363 e. The molecule has 1 unspecified atom stereocenters. The van der Waals surface area contributed by atoms with Gasteiger partial charge in [0.25, 0.3) is 0 Å². The number of carbonyl (C=O) groups is 2. The Labute approximate surface area is 172 Å². The van der Waals surface area contributed by atoms with Gasteiger partial charge in [-0.25, -0.2) is 4.79 Å². The van der Waals surface area contributed by atoms with Gasteiger partial charge in [-0.3, -0.25) is 4.79 Å². The van der Waals surface area contributed by atoms with Crippen LogP contribution in [0.3, 0.4) is 0 Å². The molecule has 7 heteroatoms. The third-order valence-electron chi connectivity index (χ3n) is 5.01. The number of urea groups is 1. The molecule has 0 spiro atoms. The van der Waals surface area contributed by atoms with Gasteiger partial charge in [-0.2, -0.15) is 0 Å². The maximum absolute atomic E-state index is 13.2. The molecule has 7 nitrogen and oxygen atoms in total. The number of nitrogens with zero attached hydrogens (tertiary/aromatic N) is 2. The number of amides is 3. The average molecular weight is 401 g/mol. The Morgan fingerprint density at radius 3 is 2.14 bits per heavy atom. The molecule has 1 atom stereocenters. The molecule has 0 aliphatic carbocycles. The summed E-state index contributed by atoms with van der Waals surface area (Å²) in [6, 6.07) is 7.27. The summed E-state index contributed by atoms with van der Waals surface area (Å²) in [5.41, 5.74) is 3.01. The second-order valence-corrected chi connectivity index (χ2v) is 7.87. The van der Waals surface area contributed by atoms with E-state index in [0.717, 1.165) is 23.2 Å². The van der Waals surface area contributed by atoms with Crippen LogP contribution in [0.4, 0.5) is 16.3 Å². The summed E-state index contributed by atoms with van der Waals surface area (Å²) in [7, 11) is 0. The van der Waals surface area contributed by atoms with Crippen molar-refractivity contribution < 1.29 is 14.1 Å². The highest BCUT2D eigenvalue weighted by molar-refractivity contribution is 5.97. The molecule has 0 fully saturated rings. The van der Waals surface area contributed by atoms with Crippen LogP contribution in [0, 0.1) is 0 Å². The van der Waals surface area contributed by atoms with E-state index in [2.05, 4.69) is 43.5 Å². The van der Waals surface area contributed by atoms with Crippen molar-refractivity contribution in [2.45, 2.75) is 65.8 Å². The molecule has 3 amide bonds. The van der Waals surface area contributed by atoms with Gasteiger partial charge in [0.05, 0.1) is 0 Å². The number of anilines is 2. The van der Waals surface area contributed by atoms with E-state index in [1.54, 1.807) is 11.0 Å². The maximum atomic E-state index is 13.2. The van der Waals surface area contributed by atoms with E-state index in [1.807, 2.05) is 32.0 Å². The molecule has 0 aliphatic rings. The summed E-state index contributed by atoms with van der Waals surface area (Å²) in [5.74, 6) is 0.523. The molecule has 29 heavy (non-hydrogen) atoms. The number of para-hydroxylation sites is 1. The molecule has 1 aromatic carbocycles. The molecule has 158 valence electrons. The predicted molar refractivity (Wildman–Crippen MR) is 115 cm³/mol. The molecule has 0 aliphatic heterocycles. The van der Waals surface area contributed by atoms with E-state index in [0.29, 0.717) is 5.82 Å². The summed E-state index contributed by atoms with van der Waals surface area (Å²) in [5, 5.41) is 9.42. The second-order valence-electron chi connectivity index (χ2n) is 7.87. The van der Waals surface area contributed by atoms with Crippen LogP contribution < -0.4 is 10.6 Å². The van der Waals surface area contributed by atoms with Gasteiger partial charge in [0.15, 0.2) is 5.82 Å². The van der Waals surface area contributed by atoms with Crippen molar-refractivity contribution in [1.29, 1.82) is 0 Å². The molecule has 2 rings (SSSR count). The van der Waals surface area contributed by atoms with Gasteiger partial charge in [-0.05, 0) is 36.3 Å². The van der Waals surface area contributed by atoms with Crippen LogP contribution in [0.5, 0.6) is 0 Å². The summed E-state index contributed by atoms with van der Waals surface area (Å²) in [6.45, 7) is 12.3. The highest BCUT2D eigenvalue weighted by atomic mass is 16.5. The quantitative estimate of drug-likeness (QED) is 0.638. The first-order valence-electron chi connectivity index (χ1n) is 10.1. The number of carbonyl (C=O) groups excluding carboxylic acids is 2. The molecule has 1 aromatic heterocycles. The highest BCUT2D eigenvalue weighted by Gasteiger charge is 2.24. The van der Waals surface area contributed by atoms with E-state index in [-0.39, 0.29) is 36.4 Å². The lowest BCUT2D eigenvalue weighted by Crippen LogP contribution is -2.45. The zero-order valence-corrected chi connectivity index (χ0v) is 18.2. The molecule has 0 saturated heterocycles. The van der Waals surface area contributed by atoms with E-state index in [1.165, 1.54) is 6.26 Å². The Hall–Kier alpha value is -2.83. The Morgan fingerprint density at radius 1 is 1.03 bits per heavy atom. The van der Waals surface area contributed by atoms with Gasteiger partial charge < -0.3 is 20.1 Å². The van der Waals surface area contributed by atoms with Gasteiger partial charge in [0.2, 0.25) is 5.91 Å². The average Bonchev–Trinajstić information content (AvgIpc) is 3.18. The maximum Gasteiger partial charge on any atom is 0.322 e. The Balaban J connectivity index is 2.25. The summed E-state index contributed by atoms with van der Waals surface area (Å²) >= 11 is 0. The largest absolute Gasteiger partial charge is 0.363 e. The monoisotopic (exact) mass is 400 g/mol. The third-order valence-corrected chi connectivity index (χ3v) is 5.01. The van der Waals surface area contributed by atoms with Crippen molar-refractivity contribution in [3.63, 3.8) is 0 Å². The van der Waals surface area contributed by atoms with Crippen molar-refractivity contribution >= 4 is 23.4 Å². The van der Waals surface area contributed by atoms with Crippen LogP contribution in [0.1, 0.15) is 70.9 Å². The molecule has 1 heterocycles. The van der Waals surface area contributed by atoms with Crippen molar-refractivity contribution in [2.24, 2.45) is 0 Å². The fourth-order valence-electron chi connectivity index (χ4n) is 3.14. The Kier molecular flexibility index (Phi) is 7.82. The first-order valence-corrected chi connectivity index (χ1v) is 10.1. The Bertz CT molecular complexity index is 789. The van der Waals surface area contributed by atoms with Gasteiger partial charge >= 0.3 is 6.03 Å². The Morgan fingerprint density at radius 2 is 1.66 bits per heavy atom. The standard InChI is InChI=1S/C22H32N4O3/c1-7-16(6)26(13-20(27)23-19-11-12-29-25-19)22(28)24-21-17(14(2)3)9-8-10-18(21)15(4)5/h8-12,14-16H,7,13H2,1-6H3,(H,24,28)(H,23,25,27). The topological polar surface area (TPSA) is 87.5 Å². The predicted octanol–water partition coefficient (Wildman–Crippen LogP) is 5.19. The summed E-state index contributed by atoms with van der Waals surface area (Å²) in [6.07, 6.45) is 2.11. The molecule has 2 aromatic rings. The molecular formula is C22H32N4O3. The van der Waals surface area contributed by atoms with Crippen LogP contribution in [-0.4, -0.2) is 34.6 Å². The second kappa shape index (κ2) is 10.1. The SMILES string of the molecule is CCC(C)N(CC(=O)Nc1ccon1)C(=O)Nc1c(C(C)C)cccc1C(C)C. The lowest BCUT2D eigenvalue weighted by Gasteiger charge is -2.29. The summed E-state index contributed by atoms with van der Waals surface area (Å²) < 4.78 is 4.73. The van der Waals surface area contributed by atoms with E-state index in [9.17, 15) is 9.59 Å². The fraction of sp³-hybridized carbons (Fsp3) is 0.500. The van der Waals surface area contributed by atoms with E-state index >= 15 is 0 Å². The van der Waals surface area contributed by atoms with Crippen molar-refractivity contribution in [3.05, 3.63) is 41.7 Å². The number of aromatic nitrogens is 1. The van der Waals surface area contributed by atoms with Crippen LogP contribution in [0.2, 0.25) is 0 Å². The fourth-order valence-corrected chi connectivity index (χ4v) is 3.14. The first kappa shape index (κ1) is 22.5. The van der Waals surface area contributed by atoms with E-state index < -0.39 is 0 Å². The van der Waals surface area contributed by atoms with Crippen molar-refractivity contribution in [1.82, 2.24) is 10.1 Å².